The Bertz CT molecular complexity index is 1160. The van der Waals surface area contributed by atoms with Gasteiger partial charge < -0.3 is 14.3 Å². The van der Waals surface area contributed by atoms with Gasteiger partial charge in [-0.3, -0.25) is 9.69 Å². The Labute approximate surface area is 181 Å². The van der Waals surface area contributed by atoms with E-state index in [-0.39, 0.29) is 5.91 Å². The average Bonchev–Trinajstić information content (AvgIpc) is 3.41. The molecule has 1 aliphatic rings. The van der Waals surface area contributed by atoms with E-state index in [0.29, 0.717) is 37.1 Å². The predicted octanol–water partition coefficient (Wildman–Crippen LogP) is 3.94. The zero-order valence-corrected chi connectivity index (χ0v) is 17.8. The fourth-order valence-electron chi connectivity index (χ4n) is 3.71. The van der Waals surface area contributed by atoms with E-state index in [1.54, 1.807) is 0 Å². The zero-order chi connectivity index (χ0) is 20.5. The van der Waals surface area contributed by atoms with Gasteiger partial charge >= 0.3 is 0 Å². The maximum Gasteiger partial charge on any atom is 0.270 e. The van der Waals surface area contributed by atoms with Gasteiger partial charge in [0.1, 0.15) is 5.69 Å². The maximum absolute atomic E-state index is 12.9. The first-order valence-electron chi connectivity index (χ1n) is 9.83. The Kier molecular flexibility index (Phi) is 5.10. The number of rotatable bonds is 4. The number of halogens is 1. The van der Waals surface area contributed by atoms with Gasteiger partial charge in [0, 0.05) is 47.1 Å². The summed E-state index contributed by atoms with van der Waals surface area (Å²) in [5, 5.41) is 9.40. The van der Waals surface area contributed by atoms with Gasteiger partial charge in [-0.2, -0.15) is 0 Å². The van der Waals surface area contributed by atoms with E-state index < -0.39 is 0 Å². The molecule has 4 aromatic rings. The Morgan fingerprint density at radius 3 is 2.67 bits per heavy atom. The lowest BCUT2D eigenvalue weighted by molar-refractivity contribution is 0.0613. The number of aromatic amines is 1. The van der Waals surface area contributed by atoms with E-state index in [2.05, 4.69) is 36.0 Å². The monoisotopic (exact) mass is 465 g/mol. The number of H-pyrrole nitrogens is 1. The van der Waals surface area contributed by atoms with Crippen molar-refractivity contribution in [1.82, 2.24) is 25.0 Å². The second-order valence-electron chi connectivity index (χ2n) is 7.35. The van der Waals surface area contributed by atoms with Crippen molar-refractivity contribution in [3.8, 4) is 11.5 Å². The second-order valence-corrected chi connectivity index (χ2v) is 8.27. The van der Waals surface area contributed by atoms with Gasteiger partial charge in [0.25, 0.3) is 5.91 Å². The molecule has 0 atom stereocenters. The quantitative estimate of drug-likeness (QED) is 0.493. The van der Waals surface area contributed by atoms with E-state index in [0.717, 1.165) is 34.0 Å². The van der Waals surface area contributed by atoms with Crippen LogP contribution in [0.3, 0.4) is 0 Å². The topological polar surface area (TPSA) is 78.3 Å². The summed E-state index contributed by atoms with van der Waals surface area (Å²) in [5.41, 5.74) is 2.51. The van der Waals surface area contributed by atoms with Crippen LogP contribution < -0.4 is 0 Å². The Balaban J connectivity index is 1.20. The van der Waals surface area contributed by atoms with Crippen LogP contribution in [0.2, 0.25) is 0 Å². The second kappa shape index (κ2) is 8.04. The Morgan fingerprint density at radius 2 is 1.87 bits per heavy atom. The van der Waals surface area contributed by atoms with Gasteiger partial charge in [-0.1, -0.05) is 40.2 Å². The number of carbonyl (C=O) groups is 1. The number of hydrogen-bond donors (Lipinski definition) is 1. The summed E-state index contributed by atoms with van der Waals surface area (Å²) in [7, 11) is 0. The molecule has 3 heterocycles. The van der Waals surface area contributed by atoms with Gasteiger partial charge in [0.05, 0.1) is 6.54 Å². The number of nitrogens with one attached hydrogen (secondary N) is 1. The molecule has 1 aliphatic heterocycles. The lowest BCUT2D eigenvalue weighted by Gasteiger charge is -2.33. The molecule has 1 fully saturated rings. The lowest BCUT2D eigenvalue weighted by Crippen LogP contribution is -2.48. The summed E-state index contributed by atoms with van der Waals surface area (Å²) in [6.45, 7) is 3.44. The average molecular weight is 466 g/mol. The highest BCUT2D eigenvalue weighted by Gasteiger charge is 2.24. The molecular formula is C22H20BrN5O2. The summed E-state index contributed by atoms with van der Waals surface area (Å²) in [6.07, 6.45) is 0. The highest BCUT2D eigenvalue weighted by molar-refractivity contribution is 9.10. The number of amides is 1. The fraction of sp³-hybridized carbons (Fsp3) is 0.227. The normalized spacial score (nSPS) is 15.0. The molecule has 0 spiro atoms. The van der Waals surface area contributed by atoms with Crippen molar-refractivity contribution in [1.29, 1.82) is 0 Å². The third-order valence-corrected chi connectivity index (χ3v) is 5.81. The molecule has 5 rings (SSSR count). The third-order valence-electron chi connectivity index (χ3n) is 5.32. The van der Waals surface area contributed by atoms with Gasteiger partial charge in [-0.05, 0) is 30.3 Å². The van der Waals surface area contributed by atoms with E-state index in [1.165, 1.54) is 0 Å². The van der Waals surface area contributed by atoms with Crippen LogP contribution in [0, 0.1) is 0 Å². The number of hydrogen-bond acceptors (Lipinski definition) is 5. The summed E-state index contributed by atoms with van der Waals surface area (Å²) in [4.78, 5) is 20.2. The molecule has 30 heavy (non-hydrogen) atoms. The van der Waals surface area contributed by atoms with Crippen LogP contribution in [-0.4, -0.2) is 57.1 Å². The van der Waals surface area contributed by atoms with Crippen LogP contribution in [0.15, 0.2) is 63.5 Å². The molecule has 0 aliphatic carbocycles. The van der Waals surface area contributed by atoms with Crippen molar-refractivity contribution in [2.45, 2.75) is 6.54 Å². The van der Waals surface area contributed by atoms with Crippen LogP contribution in [-0.2, 0) is 6.54 Å². The van der Waals surface area contributed by atoms with E-state index in [1.807, 2.05) is 59.5 Å². The molecule has 2 aromatic heterocycles. The molecule has 0 bridgehead atoms. The number of fused-ring (bicyclic) bond motifs is 1. The zero-order valence-electron chi connectivity index (χ0n) is 16.2. The maximum atomic E-state index is 12.9. The number of piperazine rings is 1. The van der Waals surface area contributed by atoms with Crippen molar-refractivity contribution in [2.24, 2.45) is 0 Å². The van der Waals surface area contributed by atoms with Crippen LogP contribution in [0.1, 0.15) is 16.4 Å². The predicted molar refractivity (Wildman–Crippen MR) is 117 cm³/mol. The summed E-state index contributed by atoms with van der Waals surface area (Å²) < 4.78 is 6.80. The third kappa shape index (κ3) is 3.88. The number of benzene rings is 2. The first-order chi connectivity index (χ1) is 14.7. The molecule has 1 saturated heterocycles. The summed E-state index contributed by atoms with van der Waals surface area (Å²) in [5.74, 6) is 1.14. The van der Waals surface area contributed by atoms with Crippen molar-refractivity contribution in [3.63, 3.8) is 0 Å². The van der Waals surface area contributed by atoms with Crippen molar-refractivity contribution in [3.05, 3.63) is 70.7 Å². The van der Waals surface area contributed by atoms with Crippen molar-refractivity contribution in [2.75, 3.05) is 26.2 Å². The minimum atomic E-state index is 0.0422. The smallest absolute Gasteiger partial charge is 0.270 e. The molecule has 7 nitrogen and oxygen atoms in total. The highest BCUT2D eigenvalue weighted by atomic mass is 79.9. The standard InChI is InChI=1S/C22H20BrN5O2/c23-17-6-3-5-16(12-17)21-26-25-20(30-21)14-27-8-10-28(11-9-27)22(29)19-13-15-4-1-2-7-18(15)24-19/h1-7,12-13,24H,8-11,14H2. The first-order valence-corrected chi connectivity index (χ1v) is 10.6. The highest BCUT2D eigenvalue weighted by Crippen LogP contribution is 2.22. The lowest BCUT2D eigenvalue weighted by atomic mass is 10.2. The van der Waals surface area contributed by atoms with Crippen LogP contribution in [0.5, 0.6) is 0 Å². The van der Waals surface area contributed by atoms with E-state index >= 15 is 0 Å². The van der Waals surface area contributed by atoms with Crippen LogP contribution in [0.4, 0.5) is 0 Å². The molecule has 1 N–H and O–H groups in total. The number of carbonyl (C=O) groups excluding carboxylic acids is 1. The van der Waals surface area contributed by atoms with Crippen LogP contribution in [0.25, 0.3) is 22.4 Å². The summed E-state index contributed by atoms with van der Waals surface area (Å²) in [6, 6.07) is 17.6. The number of nitrogens with zero attached hydrogens (tertiary/aromatic N) is 4. The SMILES string of the molecule is O=C(c1cc2ccccc2[nH]1)N1CCN(Cc2nnc(-c3cccc(Br)c3)o2)CC1. The van der Waals surface area contributed by atoms with Gasteiger partial charge in [0.15, 0.2) is 0 Å². The van der Waals surface area contributed by atoms with E-state index in [9.17, 15) is 4.79 Å². The molecule has 152 valence electrons. The largest absolute Gasteiger partial charge is 0.419 e. The van der Waals surface area contributed by atoms with E-state index in [4.69, 9.17) is 4.42 Å². The van der Waals surface area contributed by atoms with Gasteiger partial charge in [-0.15, -0.1) is 10.2 Å². The first kappa shape index (κ1) is 19.0. The van der Waals surface area contributed by atoms with Gasteiger partial charge in [-0.25, -0.2) is 0 Å². The van der Waals surface area contributed by atoms with Crippen molar-refractivity contribution < 1.29 is 9.21 Å². The molecule has 0 radical (unpaired) electrons. The molecule has 0 unspecified atom stereocenters. The molecule has 1 amide bonds. The molecule has 0 saturated carbocycles. The fourth-order valence-corrected chi connectivity index (χ4v) is 4.11. The molecular weight excluding hydrogens is 446 g/mol. The minimum absolute atomic E-state index is 0.0422. The Morgan fingerprint density at radius 1 is 1.03 bits per heavy atom. The van der Waals surface area contributed by atoms with Crippen molar-refractivity contribution >= 4 is 32.7 Å². The summed E-state index contributed by atoms with van der Waals surface area (Å²) >= 11 is 3.46. The molecule has 8 heteroatoms. The molecule has 2 aromatic carbocycles. The minimum Gasteiger partial charge on any atom is -0.419 e. The Hall–Kier alpha value is -2.97. The number of aromatic nitrogens is 3. The van der Waals surface area contributed by atoms with Crippen LogP contribution >= 0.6 is 15.9 Å². The van der Waals surface area contributed by atoms with Gasteiger partial charge in [0.2, 0.25) is 11.8 Å². The number of para-hydroxylation sites is 1.